The average Bonchev–Trinajstić information content (AvgIpc) is 2.42. The van der Waals surface area contributed by atoms with Crippen LogP contribution in [0.5, 0.6) is 6.01 Å². The lowest BCUT2D eigenvalue weighted by atomic mass is 10.7. The van der Waals surface area contributed by atoms with E-state index in [1.165, 1.54) is 23.1 Å². The van der Waals surface area contributed by atoms with Crippen LogP contribution in [0.15, 0.2) is 18.6 Å². The summed E-state index contributed by atoms with van der Waals surface area (Å²) >= 11 is 0. The van der Waals surface area contributed by atoms with E-state index in [0.717, 1.165) is 6.26 Å². The molecule has 74 valence electrons. The topological polar surface area (TPSA) is 86.5 Å². The van der Waals surface area contributed by atoms with Crippen molar-refractivity contribution in [3.05, 3.63) is 18.6 Å². The molecule has 7 nitrogen and oxygen atoms in total. The van der Waals surface area contributed by atoms with Gasteiger partial charge in [0.1, 0.15) is 0 Å². The molecule has 0 saturated carbocycles. The van der Waals surface area contributed by atoms with Crippen LogP contribution in [0, 0.1) is 0 Å². The number of fused-ring (bicyclic) bond motifs is 1. The maximum Gasteiger partial charge on any atom is 0.352 e. The fourth-order valence-electron chi connectivity index (χ4n) is 0.895. The zero-order valence-electron chi connectivity index (χ0n) is 7.15. The molecule has 0 aromatic carbocycles. The van der Waals surface area contributed by atoms with Crippen molar-refractivity contribution >= 4 is 15.8 Å². The van der Waals surface area contributed by atoms with Crippen LogP contribution < -0.4 is 4.18 Å². The molecule has 0 radical (unpaired) electrons. The van der Waals surface area contributed by atoms with Gasteiger partial charge in [0.15, 0.2) is 5.65 Å². The summed E-state index contributed by atoms with van der Waals surface area (Å²) < 4.78 is 27.4. The molecule has 0 fully saturated rings. The van der Waals surface area contributed by atoms with Gasteiger partial charge in [0.25, 0.3) is 0 Å². The van der Waals surface area contributed by atoms with Gasteiger partial charge < -0.3 is 4.18 Å². The largest absolute Gasteiger partial charge is 0.352 e. The van der Waals surface area contributed by atoms with Gasteiger partial charge in [0.05, 0.1) is 12.5 Å². The number of rotatable bonds is 2. The zero-order valence-corrected chi connectivity index (χ0v) is 7.97. The molecule has 0 amide bonds. The summed E-state index contributed by atoms with van der Waals surface area (Å²) in [7, 11) is -3.58. The Morgan fingerprint density at radius 2 is 2.29 bits per heavy atom. The highest BCUT2D eigenvalue weighted by Crippen LogP contribution is 2.06. The van der Waals surface area contributed by atoms with Crippen LogP contribution in [0.1, 0.15) is 0 Å². The molecule has 0 spiro atoms. The molecule has 2 heterocycles. The predicted octanol–water partition coefficient (Wildman–Crippen LogP) is -0.537. The Morgan fingerprint density at radius 3 is 2.93 bits per heavy atom. The van der Waals surface area contributed by atoms with Crippen LogP contribution in [-0.4, -0.2) is 34.3 Å². The molecular formula is C6H6N4O3S. The minimum Gasteiger partial charge on any atom is -0.342 e. The van der Waals surface area contributed by atoms with Crippen LogP contribution in [-0.2, 0) is 10.1 Å². The highest BCUT2D eigenvalue weighted by atomic mass is 32.2. The van der Waals surface area contributed by atoms with E-state index < -0.39 is 10.1 Å². The lowest BCUT2D eigenvalue weighted by molar-refractivity contribution is 0.470. The summed E-state index contributed by atoms with van der Waals surface area (Å²) in [4.78, 5) is 7.58. The van der Waals surface area contributed by atoms with Crippen molar-refractivity contribution in [1.29, 1.82) is 0 Å². The van der Waals surface area contributed by atoms with Crippen molar-refractivity contribution in [2.75, 3.05) is 6.26 Å². The molecule has 0 N–H and O–H groups in total. The van der Waals surface area contributed by atoms with Crippen LogP contribution in [0.25, 0.3) is 5.65 Å². The third-order valence-electron chi connectivity index (χ3n) is 1.35. The predicted molar refractivity (Wildman–Crippen MR) is 46.3 cm³/mol. The Kier molecular flexibility index (Phi) is 1.84. The molecule has 2 aromatic heterocycles. The van der Waals surface area contributed by atoms with Crippen molar-refractivity contribution in [3.8, 4) is 6.01 Å². The van der Waals surface area contributed by atoms with Crippen molar-refractivity contribution in [2.45, 2.75) is 0 Å². The number of hydrogen-bond acceptors (Lipinski definition) is 6. The van der Waals surface area contributed by atoms with Gasteiger partial charge in [0.2, 0.25) is 0 Å². The van der Waals surface area contributed by atoms with Crippen molar-refractivity contribution < 1.29 is 12.6 Å². The summed E-state index contributed by atoms with van der Waals surface area (Å²) in [5.74, 6) is 0. The average molecular weight is 214 g/mol. The van der Waals surface area contributed by atoms with E-state index in [1.807, 2.05) is 0 Å². The van der Waals surface area contributed by atoms with E-state index in [4.69, 9.17) is 0 Å². The number of nitrogens with zero attached hydrogens (tertiary/aromatic N) is 4. The molecule has 0 aliphatic carbocycles. The van der Waals surface area contributed by atoms with Crippen LogP contribution in [0.3, 0.4) is 0 Å². The Hall–Kier alpha value is -1.70. The summed E-state index contributed by atoms with van der Waals surface area (Å²) in [6, 6.07) is -0.208. The van der Waals surface area contributed by atoms with Gasteiger partial charge in [-0.1, -0.05) is 0 Å². The second-order valence-corrected chi connectivity index (χ2v) is 4.14. The first kappa shape index (κ1) is 8.88. The van der Waals surface area contributed by atoms with E-state index in [2.05, 4.69) is 19.2 Å². The molecular weight excluding hydrogens is 208 g/mol. The van der Waals surface area contributed by atoms with E-state index in [0.29, 0.717) is 5.65 Å². The first-order valence-electron chi connectivity index (χ1n) is 3.60. The van der Waals surface area contributed by atoms with E-state index in [1.54, 1.807) is 0 Å². The first-order valence-corrected chi connectivity index (χ1v) is 5.42. The first-order chi connectivity index (χ1) is 6.54. The number of aromatic nitrogens is 4. The van der Waals surface area contributed by atoms with Crippen molar-refractivity contribution in [3.63, 3.8) is 0 Å². The van der Waals surface area contributed by atoms with E-state index in [-0.39, 0.29) is 6.01 Å². The molecule has 0 atom stereocenters. The van der Waals surface area contributed by atoms with Crippen molar-refractivity contribution in [2.24, 2.45) is 0 Å². The van der Waals surface area contributed by atoms with Gasteiger partial charge >= 0.3 is 16.1 Å². The quantitative estimate of drug-likeness (QED) is 0.624. The van der Waals surface area contributed by atoms with Gasteiger partial charge in [-0.25, -0.2) is 4.52 Å². The molecule has 0 aliphatic rings. The SMILES string of the molecule is CS(=O)(=O)Oc1nc2cnccn2n1. The molecule has 14 heavy (non-hydrogen) atoms. The Labute approximate surface area is 79.5 Å². The Morgan fingerprint density at radius 1 is 1.50 bits per heavy atom. The second kappa shape index (κ2) is 2.91. The van der Waals surface area contributed by atoms with E-state index >= 15 is 0 Å². The third kappa shape index (κ3) is 1.79. The standard InChI is InChI=1S/C6H6N4O3S/c1-14(11,12)13-6-8-5-4-7-2-3-10(5)9-6/h2-4H,1H3. The Bertz CT molecular complexity index is 528. The zero-order chi connectivity index (χ0) is 10.2. The Balaban J connectivity index is 2.46. The minimum atomic E-state index is -3.58. The molecule has 0 unspecified atom stereocenters. The van der Waals surface area contributed by atoms with Gasteiger partial charge in [0, 0.05) is 12.4 Å². The fraction of sp³-hybridized carbons (Fsp3) is 0.167. The van der Waals surface area contributed by atoms with E-state index in [9.17, 15) is 8.42 Å². The molecule has 0 saturated heterocycles. The summed E-state index contributed by atoms with van der Waals surface area (Å²) in [6.07, 6.45) is 5.42. The highest BCUT2D eigenvalue weighted by molar-refractivity contribution is 7.86. The monoisotopic (exact) mass is 214 g/mol. The smallest absolute Gasteiger partial charge is 0.342 e. The van der Waals surface area contributed by atoms with Crippen molar-refractivity contribution in [1.82, 2.24) is 19.6 Å². The lowest BCUT2D eigenvalue weighted by Crippen LogP contribution is -2.06. The molecule has 8 heteroatoms. The molecule has 2 rings (SSSR count). The molecule has 0 aliphatic heterocycles. The van der Waals surface area contributed by atoms with Gasteiger partial charge in [-0.3, -0.25) is 4.98 Å². The summed E-state index contributed by atoms with van der Waals surface area (Å²) in [6.45, 7) is 0. The maximum absolute atomic E-state index is 10.8. The van der Waals surface area contributed by atoms with Gasteiger partial charge in [-0.05, 0) is 0 Å². The highest BCUT2D eigenvalue weighted by Gasteiger charge is 2.09. The van der Waals surface area contributed by atoms with Gasteiger partial charge in [-0.2, -0.15) is 13.4 Å². The normalized spacial score (nSPS) is 11.8. The number of hydrogen-bond donors (Lipinski definition) is 0. The lowest BCUT2D eigenvalue weighted by Gasteiger charge is -1.93. The minimum absolute atomic E-state index is 0.208. The maximum atomic E-state index is 10.8. The molecule has 0 bridgehead atoms. The van der Waals surface area contributed by atoms with Crippen LogP contribution >= 0.6 is 0 Å². The van der Waals surface area contributed by atoms with Gasteiger partial charge in [-0.15, -0.1) is 5.10 Å². The summed E-state index contributed by atoms with van der Waals surface area (Å²) in [5.41, 5.74) is 0.422. The van der Waals surface area contributed by atoms with Crippen LogP contribution in [0.2, 0.25) is 0 Å². The third-order valence-corrected chi connectivity index (χ3v) is 1.80. The molecule has 2 aromatic rings. The summed E-state index contributed by atoms with van der Waals surface area (Å²) in [5, 5.41) is 3.76. The second-order valence-electron chi connectivity index (χ2n) is 2.56. The fourth-order valence-corrected chi connectivity index (χ4v) is 1.24. The van der Waals surface area contributed by atoms with Crippen LogP contribution in [0.4, 0.5) is 0 Å².